The van der Waals surface area contributed by atoms with Gasteiger partial charge in [-0.15, -0.1) is 0 Å². The summed E-state index contributed by atoms with van der Waals surface area (Å²) in [6, 6.07) is 11.5. The van der Waals surface area contributed by atoms with Crippen molar-refractivity contribution in [3.8, 4) is 17.2 Å². The Morgan fingerprint density at radius 2 is 1.87 bits per heavy atom. The number of benzene rings is 2. The lowest BCUT2D eigenvalue weighted by Gasteiger charge is -2.26. The Bertz CT molecular complexity index is 1020. The summed E-state index contributed by atoms with van der Waals surface area (Å²) in [5.74, 6) is 0.941. The Balaban J connectivity index is 1.53. The number of ether oxygens (including phenoxy) is 2. The topological polar surface area (TPSA) is 100 Å². The van der Waals surface area contributed by atoms with E-state index in [0.29, 0.717) is 36.3 Å². The van der Waals surface area contributed by atoms with E-state index >= 15 is 0 Å². The van der Waals surface area contributed by atoms with Gasteiger partial charge in [0, 0.05) is 6.54 Å². The number of carbonyl (C=O) groups is 2. The van der Waals surface area contributed by atoms with Crippen LogP contribution in [0.3, 0.4) is 0 Å². The van der Waals surface area contributed by atoms with Crippen molar-refractivity contribution in [2.45, 2.75) is 12.5 Å². The highest BCUT2D eigenvalue weighted by Crippen LogP contribution is 2.36. The van der Waals surface area contributed by atoms with Crippen LogP contribution < -0.4 is 20.1 Å². The van der Waals surface area contributed by atoms with Crippen LogP contribution >= 0.6 is 0 Å². The first-order chi connectivity index (χ1) is 14.5. The minimum Gasteiger partial charge on any atom is -0.504 e. The van der Waals surface area contributed by atoms with E-state index in [9.17, 15) is 14.7 Å². The molecule has 0 saturated carbocycles. The van der Waals surface area contributed by atoms with Crippen LogP contribution in [0.15, 0.2) is 53.7 Å². The first kappa shape index (κ1) is 19.6. The average molecular weight is 409 g/mol. The van der Waals surface area contributed by atoms with Gasteiger partial charge >= 0.3 is 6.03 Å². The summed E-state index contributed by atoms with van der Waals surface area (Å²) in [4.78, 5) is 27.1. The van der Waals surface area contributed by atoms with E-state index in [1.807, 2.05) is 24.3 Å². The first-order valence-electron chi connectivity index (χ1n) is 9.60. The number of rotatable bonds is 6. The molecule has 2 aromatic rings. The lowest BCUT2D eigenvalue weighted by Crippen LogP contribution is -2.44. The van der Waals surface area contributed by atoms with E-state index in [0.717, 1.165) is 11.3 Å². The fourth-order valence-electron chi connectivity index (χ4n) is 3.79. The highest BCUT2D eigenvalue weighted by molar-refractivity contribution is 6.01. The van der Waals surface area contributed by atoms with E-state index in [1.165, 1.54) is 13.2 Å². The van der Waals surface area contributed by atoms with Crippen LogP contribution in [0.4, 0.5) is 4.79 Å². The molecule has 4 rings (SSSR count). The number of hydrogen-bond acceptors (Lipinski definition) is 5. The Morgan fingerprint density at radius 3 is 2.57 bits per heavy atom. The molecule has 0 bridgehead atoms. The summed E-state index contributed by atoms with van der Waals surface area (Å²) in [5.41, 5.74) is 2.88. The number of nitrogens with one attached hydrogen (secondary N) is 2. The van der Waals surface area contributed by atoms with Crippen LogP contribution in [-0.4, -0.2) is 49.3 Å². The lowest BCUT2D eigenvalue weighted by molar-refractivity contribution is -0.125. The van der Waals surface area contributed by atoms with Gasteiger partial charge in [0.15, 0.2) is 11.5 Å². The number of phenolic OH excluding ortho intramolecular Hbond substituents is 1. The van der Waals surface area contributed by atoms with Crippen LogP contribution in [0.5, 0.6) is 17.2 Å². The van der Waals surface area contributed by atoms with Crippen LogP contribution in [0.2, 0.25) is 0 Å². The molecule has 156 valence electrons. The molecule has 2 aromatic carbocycles. The fourth-order valence-corrected chi connectivity index (χ4v) is 3.79. The third-order valence-corrected chi connectivity index (χ3v) is 5.39. The van der Waals surface area contributed by atoms with Gasteiger partial charge in [-0.3, -0.25) is 4.79 Å². The van der Waals surface area contributed by atoms with E-state index in [-0.39, 0.29) is 23.4 Å². The molecule has 2 aliphatic heterocycles. The monoisotopic (exact) mass is 409 g/mol. The summed E-state index contributed by atoms with van der Waals surface area (Å²) in [6.45, 7) is 0.878. The van der Waals surface area contributed by atoms with Crippen molar-refractivity contribution in [1.29, 1.82) is 0 Å². The van der Waals surface area contributed by atoms with Gasteiger partial charge in [0.05, 0.1) is 38.1 Å². The van der Waals surface area contributed by atoms with Gasteiger partial charge in [0.1, 0.15) is 5.75 Å². The zero-order valence-corrected chi connectivity index (χ0v) is 16.8. The number of aromatic hydroxyl groups is 1. The molecule has 8 heteroatoms. The summed E-state index contributed by atoms with van der Waals surface area (Å²) in [6.07, 6.45) is 0.690. The van der Waals surface area contributed by atoms with Gasteiger partial charge < -0.3 is 30.1 Å². The third-order valence-electron chi connectivity index (χ3n) is 5.39. The van der Waals surface area contributed by atoms with Crippen molar-refractivity contribution in [3.63, 3.8) is 0 Å². The number of carbonyl (C=O) groups excluding carboxylic acids is 2. The summed E-state index contributed by atoms with van der Waals surface area (Å²) < 4.78 is 10.3. The molecule has 1 atom stereocenters. The molecular formula is C22H23N3O5. The molecule has 2 heterocycles. The highest BCUT2D eigenvalue weighted by atomic mass is 16.5. The van der Waals surface area contributed by atoms with Gasteiger partial charge in [-0.1, -0.05) is 18.2 Å². The number of methoxy groups -OCH3 is 2. The zero-order chi connectivity index (χ0) is 21.3. The number of phenols is 1. The van der Waals surface area contributed by atoms with Crippen molar-refractivity contribution in [3.05, 3.63) is 64.9 Å². The van der Waals surface area contributed by atoms with Crippen molar-refractivity contribution in [2.75, 3.05) is 27.3 Å². The Hall–Kier alpha value is -3.68. The van der Waals surface area contributed by atoms with Crippen LogP contribution in [-0.2, 0) is 11.2 Å². The maximum atomic E-state index is 13.1. The van der Waals surface area contributed by atoms with Gasteiger partial charge in [0.2, 0.25) is 0 Å². The zero-order valence-electron chi connectivity index (χ0n) is 16.8. The van der Waals surface area contributed by atoms with Crippen LogP contribution in [0, 0.1) is 0 Å². The van der Waals surface area contributed by atoms with Crippen LogP contribution in [0.25, 0.3) is 0 Å². The van der Waals surface area contributed by atoms with Crippen molar-refractivity contribution < 1.29 is 24.2 Å². The van der Waals surface area contributed by atoms with E-state index < -0.39 is 6.04 Å². The Morgan fingerprint density at radius 1 is 1.10 bits per heavy atom. The summed E-state index contributed by atoms with van der Waals surface area (Å²) >= 11 is 0. The van der Waals surface area contributed by atoms with Crippen molar-refractivity contribution >= 4 is 11.9 Å². The molecule has 0 saturated heterocycles. The molecule has 30 heavy (non-hydrogen) atoms. The second-order valence-electron chi connectivity index (χ2n) is 7.18. The van der Waals surface area contributed by atoms with Gasteiger partial charge in [0.25, 0.3) is 5.91 Å². The van der Waals surface area contributed by atoms with E-state index in [4.69, 9.17) is 9.47 Å². The molecular weight excluding hydrogens is 386 g/mol. The summed E-state index contributed by atoms with van der Waals surface area (Å²) in [7, 11) is 3.07. The van der Waals surface area contributed by atoms with Crippen LogP contribution in [0.1, 0.15) is 17.2 Å². The molecule has 0 radical (unpaired) electrons. The fraction of sp³-hybridized carbons (Fsp3) is 0.273. The molecule has 0 spiro atoms. The second kappa shape index (κ2) is 7.98. The average Bonchev–Trinajstić information content (AvgIpc) is 3.07. The number of nitrogens with zero attached hydrogens (tertiary/aromatic N) is 1. The molecule has 0 aliphatic carbocycles. The van der Waals surface area contributed by atoms with Gasteiger partial charge in [-0.25, -0.2) is 4.79 Å². The standard InChI is InChI=1S/C22H23N3O5/c1-29-15-6-3-13(4-7-15)9-10-25-12-16-19(21(25)27)20(24-22(28)23-16)14-5-8-17(26)18(11-14)30-2/h3-8,11,20,26H,9-10,12H2,1-2H3,(H2,23,24,28)/t20-/m0/s1. The Labute approximate surface area is 174 Å². The molecule has 3 amide bonds. The normalized spacial score (nSPS) is 18.1. The first-order valence-corrected chi connectivity index (χ1v) is 9.60. The molecule has 8 nitrogen and oxygen atoms in total. The maximum absolute atomic E-state index is 13.1. The SMILES string of the molecule is COc1ccc(CCN2CC3=C(C2=O)[C@H](c2ccc(O)c(OC)c2)NC(=O)N3)cc1. The van der Waals surface area contributed by atoms with Crippen molar-refractivity contribution in [2.24, 2.45) is 0 Å². The quantitative estimate of drug-likeness (QED) is 0.679. The maximum Gasteiger partial charge on any atom is 0.319 e. The largest absolute Gasteiger partial charge is 0.504 e. The number of amides is 3. The predicted molar refractivity (Wildman–Crippen MR) is 109 cm³/mol. The van der Waals surface area contributed by atoms with Crippen molar-refractivity contribution in [1.82, 2.24) is 15.5 Å². The molecule has 2 aliphatic rings. The third kappa shape index (κ3) is 3.63. The number of hydrogen-bond donors (Lipinski definition) is 3. The minimum absolute atomic E-state index is 0.00502. The summed E-state index contributed by atoms with van der Waals surface area (Å²) in [5, 5.41) is 15.4. The van der Waals surface area contributed by atoms with E-state index in [1.54, 1.807) is 24.1 Å². The predicted octanol–water partition coefficient (Wildman–Crippen LogP) is 2.10. The second-order valence-corrected chi connectivity index (χ2v) is 7.18. The van der Waals surface area contributed by atoms with Gasteiger partial charge in [-0.05, 0) is 41.8 Å². The Kier molecular flexibility index (Phi) is 5.22. The molecule has 0 aromatic heterocycles. The lowest BCUT2D eigenvalue weighted by atomic mass is 9.96. The number of urea groups is 1. The van der Waals surface area contributed by atoms with Gasteiger partial charge in [-0.2, -0.15) is 0 Å². The molecule has 0 unspecified atom stereocenters. The molecule has 0 fully saturated rings. The molecule has 3 N–H and O–H groups in total. The van der Waals surface area contributed by atoms with E-state index in [2.05, 4.69) is 10.6 Å². The highest BCUT2D eigenvalue weighted by Gasteiger charge is 2.40. The smallest absolute Gasteiger partial charge is 0.319 e. The minimum atomic E-state index is -0.610.